The van der Waals surface area contributed by atoms with Gasteiger partial charge in [0.05, 0.1) is 5.69 Å². The van der Waals surface area contributed by atoms with E-state index in [1.807, 2.05) is 11.3 Å². The number of rotatable bonds is 1. The zero-order chi connectivity index (χ0) is 9.38. The summed E-state index contributed by atoms with van der Waals surface area (Å²) in [6.45, 7) is 2.29. The van der Waals surface area contributed by atoms with E-state index in [0.29, 0.717) is 5.92 Å². The molecule has 4 heteroatoms. The predicted molar refractivity (Wildman–Crippen MR) is 62.3 cm³/mol. The Morgan fingerprint density at radius 1 is 1.36 bits per heavy atom. The molecular weight excluding hydrogens is 212 g/mol. The lowest BCUT2D eigenvalue weighted by molar-refractivity contribution is 0.457. The van der Waals surface area contributed by atoms with Crippen LogP contribution in [0.4, 0.5) is 0 Å². The van der Waals surface area contributed by atoms with Crippen LogP contribution in [0, 0.1) is 0 Å². The van der Waals surface area contributed by atoms with Crippen LogP contribution >= 0.6 is 22.9 Å². The van der Waals surface area contributed by atoms with E-state index in [4.69, 9.17) is 0 Å². The van der Waals surface area contributed by atoms with Gasteiger partial charge in [-0.1, -0.05) is 0 Å². The van der Waals surface area contributed by atoms with Gasteiger partial charge in [-0.2, -0.15) is 4.37 Å². The maximum atomic E-state index is 4.60. The summed E-state index contributed by atoms with van der Waals surface area (Å²) in [7, 11) is 0. The van der Waals surface area contributed by atoms with Crippen LogP contribution in [0.5, 0.6) is 0 Å². The van der Waals surface area contributed by atoms with Crippen LogP contribution < -0.4 is 5.32 Å². The third kappa shape index (κ3) is 1.38. The van der Waals surface area contributed by atoms with Crippen LogP contribution in [0.25, 0.3) is 9.40 Å². The van der Waals surface area contributed by atoms with Gasteiger partial charge in [0, 0.05) is 11.3 Å². The second-order valence-corrected chi connectivity index (χ2v) is 5.66. The van der Waals surface area contributed by atoms with Gasteiger partial charge in [0.2, 0.25) is 0 Å². The van der Waals surface area contributed by atoms with Crippen molar-refractivity contribution >= 4 is 32.3 Å². The molecule has 1 aliphatic rings. The number of fused-ring (bicyclic) bond motifs is 1. The molecule has 0 aliphatic carbocycles. The summed E-state index contributed by atoms with van der Waals surface area (Å²) < 4.78 is 5.99. The Balaban J connectivity index is 1.99. The minimum atomic E-state index is 0.694. The molecular formula is C10H12N2S2. The van der Waals surface area contributed by atoms with E-state index in [1.165, 1.54) is 27.9 Å². The van der Waals surface area contributed by atoms with E-state index in [2.05, 4.69) is 21.1 Å². The summed E-state index contributed by atoms with van der Waals surface area (Å²) in [4.78, 5) is 0. The first-order chi connectivity index (χ1) is 6.95. The zero-order valence-corrected chi connectivity index (χ0v) is 9.46. The summed E-state index contributed by atoms with van der Waals surface area (Å²) in [6, 6.07) is 2.22. The molecule has 3 rings (SSSR count). The molecule has 1 aliphatic heterocycles. The van der Waals surface area contributed by atoms with Crippen LogP contribution in [-0.2, 0) is 0 Å². The van der Waals surface area contributed by atoms with Gasteiger partial charge in [-0.05, 0) is 48.9 Å². The van der Waals surface area contributed by atoms with Crippen molar-refractivity contribution in [1.29, 1.82) is 0 Å². The van der Waals surface area contributed by atoms with Gasteiger partial charge in [0.15, 0.2) is 0 Å². The molecule has 2 aromatic rings. The molecule has 1 N–H and O–H groups in total. The van der Waals surface area contributed by atoms with Crippen molar-refractivity contribution in [3.63, 3.8) is 0 Å². The van der Waals surface area contributed by atoms with E-state index < -0.39 is 0 Å². The number of hydrogen-bond donors (Lipinski definition) is 1. The second kappa shape index (κ2) is 3.61. The van der Waals surface area contributed by atoms with Gasteiger partial charge < -0.3 is 5.32 Å². The molecule has 1 fully saturated rings. The van der Waals surface area contributed by atoms with Gasteiger partial charge in [0.1, 0.15) is 4.01 Å². The Morgan fingerprint density at radius 2 is 2.21 bits per heavy atom. The molecule has 0 unspecified atom stereocenters. The van der Waals surface area contributed by atoms with E-state index in [0.717, 1.165) is 13.1 Å². The van der Waals surface area contributed by atoms with Crippen molar-refractivity contribution < 1.29 is 0 Å². The highest BCUT2D eigenvalue weighted by Gasteiger charge is 2.20. The fourth-order valence-corrected chi connectivity index (χ4v) is 3.86. The highest BCUT2D eigenvalue weighted by molar-refractivity contribution is 7.35. The molecule has 14 heavy (non-hydrogen) atoms. The van der Waals surface area contributed by atoms with Crippen LogP contribution in [0.1, 0.15) is 24.5 Å². The van der Waals surface area contributed by atoms with Gasteiger partial charge in [-0.25, -0.2) is 0 Å². The Morgan fingerprint density at radius 3 is 3.07 bits per heavy atom. The summed E-state index contributed by atoms with van der Waals surface area (Å²) >= 11 is 3.47. The second-order valence-electron chi connectivity index (χ2n) is 3.71. The number of nitrogens with one attached hydrogen (secondary N) is 1. The highest BCUT2D eigenvalue weighted by Crippen LogP contribution is 2.35. The fourth-order valence-electron chi connectivity index (χ4n) is 2.09. The molecule has 3 heterocycles. The van der Waals surface area contributed by atoms with E-state index in [1.54, 1.807) is 11.5 Å². The maximum absolute atomic E-state index is 4.60. The van der Waals surface area contributed by atoms with Crippen molar-refractivity contribution in [1.82, 2.24) is 9.69 Å². The normalized spacial score (nSPS) is 19.1. The third-order valence-electron chi connectivity index (χ3n) is 2.86. The Kier molecular flexibility index (Phi) is 2.27. The lowest BCUT2D eigenvalue weighted by Gasteiger charge is -2.20. The lowest BCUT2D eigenvalue weighted by atomic mass is 9.93. The molecule has 0 radical (unpaired) electrons. The molecule has 2 aromatic heterocycles. The number of aromatic nitrogens is 1. The van der Waals surface area contributed by atoms with E-state index >= 15 is 0 Å². The minimum absolute atomic E-state index is 0.694. The first-order valence-corrected chi connectivity index (χ1v) is 6.64. The SMILES string of the molecule is c1cc2c(C3CCNCC3)nsc2s1. The molecule has 0 spiro atoms. The topological polar surface area (TPSA) is 24.9 Å². The third-order valence-corrected chi connectivity index (χ3v) is 4.75. The monoisotopic (exact) mass is 224 g/mol. The molecule has 2 nitrogen and oxygen atoms in total. The van der Waals surface area contributed by atoms with Crippen LogP contribution in [0.2, 0.25) is 0 Å². The summed E-state index contributed by atoms with van der Waals surface area (Å²) in [5, 5.41) is 6.98. The van der Waals surface area contributed by atoms with Crippen LogP contribution in [0.3, 0.4) is 0 Å². The van der Waals surface area contributed by atoms with E-state index in [9.17, 15) is 0 Å². The first kappa shape index (κ1) is 8.83. The average Bonchev–Trinajstić information content (AvgIpc) is 2.79. The fraction of sp³-hybridized carbons (Fsp3) is 0.500. The molecule has 0 aromatic carbocycles. The van der Waals surface area contributed by atoms with Crippen molar-refractivity contribution in [3.05, 3.63) is 17.1 Å². The van der Waals surface area contributed by atoms with Gasteiger partial charge in [-0.3, -0.25) is 0 Å². The van der Waals surface area contributed by atoms with Gasteiger partial charge in [-0.15, -0.1) is 11.3 Å². The number of hydrogen-bond acceptors (Lipinski definition) is 4. The van der Waals surface area contributed by atoms with Gasteiger partial charge >= 0.3 is 0 Å². The molecule has 0 atom stereocenters. The Hall–Kier alpha value is -0.450. The Labute approximate surface area is 91.1 Å². The molecule has 0 amide bonds. The van der Waals surface area contributed by atoms with Gasteiger partial charge in [0.25, 0.3) is 0 Å². The molecule has 74 valence electrons. The predicted octanol–water partition coefficient (Wildman–Crippen LogP) is 2.82. The highest BCUT2D eigenvalue weighted by atomic mass is 32.2. The summed E-state index contributed by atoms with van der Waals surface area (Å²) in [5.41, 5.74) is 1.35. The van der Waals surface area contributed by atoms with Crippen LogP contribution in [0.15, 0.2) is 11.4 Å². The maximum Gasteiger partial charge on any atom is 0.108 e. The number of thiophene rings is 1. The quantitative estimate of drug-likeness (QED) is 0.805. The van der Waals surface area contributed by atoms with Crippen molar-refractivity contribution in [3.8, 4) is 0 Å². The van der Waals surface area contributed by atoms with Crippen molar-refractivity contribution in [2.24, 2.45) is 0 Å². The Bertz CT molecular complexity index is 426. The smallest absolute Gasteiger partial charge is 0.108 e. The molecule has 1 saturated heterocycles. The largest absolute Gasteiger partial charge is 0.317 e. The average molecular weight is 224 g/mol. The standard InChI is InChI=1S/C10H12N2S2/c1-4-11-5-2-7(1)9-8-3-6-13-10(8)14-12-9/h3,6-7,11H,1-2,4-5H2. The first-order valence-electron chi connectivity index (χ1n) is 4.98. The number of nitrogens with zero attached hydrogens (tertiary/aromatic N) is 1. The number of piperidine rings is 1. The van der Waals surface area contributed by atoms with E-state index in [-0.39, 0.29) is 0 Å². The zero-order valence-electron chi connectivity index (χ0n) is 7.82. The van der Waals surface area contributed by atoms with Crippen molar-refractivity contribution in [2.75, 3.05) is 13.1 Å². The summed E-state index contributed by atoms with van der Waals surface area (Å²) in [5.74, 6) is 0.694. The van der Waals surface area contributed by atoms with Crippen molar-refractivity contribution in [2.45, 2.75) is 18.8 Å². The minimum Gasteiger partial charge on any atom is -0.317 e. The molecule has 0 bridgehead atoms. The van der Waals surface area contributed by atoms with Crippen LogP contribution in [-0.4, -0.2) is 17.5 Å². The molecule has 0 saturated carbocycles. The summed E-state index contributed by atoms with van der Waals surface area (Å²) in [6.07, 6.45) is 2.49. The lowest BCUT2D eigenvalue weighted by Crippen LogP contribution is -2.26.